The molecule has 0 aromatic rings. The lowest BCUT2D eigenvalue weighted by Crippen LogP contribution is -2.47. The molecule has 0 bridgehead atoms. The normalized spacial score (nSPS) is 33.1. The van der Waals surface area contributed by atoms with Gasteiger partial charge in [-0.2, -0.15) is 0 Å². The topological polar surface area (TPSA) is 35.6 Å². The molecule has 0 spiro atoms. The van der Waals surface area contributed by atoms with Crippen molar-refractivity contribution in [3.8, 4) is 0 Å². The summed E-state index contributed by atoms with van der Waals surface area (Å²) in [6.07, 6.45) is 3.46. The first kappa shape index (κ1) is 13.8. The van der Waals surface area contributed by atoms with Crippen LogP contribution in [0.1, 0.15) is 40.0 Å². The van der Waals surface area contributed by atoms with Crippen LogP contribution in [0.4, 0.5) is 0 Å². The Bertz CT molecular complexity index is 310. The summed E-state index contributed by atoms with van der Waals surface area (Å²) in [6.45, 7) is 9.72. The van der Waals surface area contributed by atoms with E-state index in [9.17, 15) is 4.79 Å². The number of carbonyl (C=O) groups is 1. The largest absolute Gasteiger partial charge is 0.326 e. The van der Waals surface area contributed by atoms with Crippen LogP contribution in [0.5, 0.6) is 0 Å². The Morgan fingerprint density at radius 1 is 1.39 bits per heavy atom. The van der Waals surface area contributed by atoms with E-state index in [1.54, 1.807) is 0 Å². The molecule has 2 aliphatic rings. The van der Waals surface area contributed by atoms with Crippen LogP contribution in [0.15, 0.2) is 0 Å². The van der Waals surface area contributed by atoms with Crippen LogP contribution in [-0.2, 0) is 4.79 Å². The van der Waals surface area contributed by atoms with Crippen molar-refractivity contribution in [3.05, 3.63) is 0 Å². The molecule has 4 nitrogen and oxygen atoms in total. The maximum Gasteiger partial charge on any atom is 0.241 e. The van der Waals surface area contributed by atoms with Crippen LogP contribution in [0.2, 0.25) is 0 Å². The zero-order valence-corrected chi connectivity index (χ0v) is 12.2. The fourth-order valence-electron chi connectivity index (χ4n) is 3.08. The van der Waals surface area contributed by atoms with Crippen molar-refractivity contribution in [1.82, 2.24) is 15.1 Å². The third kappa shape index (κ3) is 2.69. The number of amides is 1. The fraction of sp³-hybridized carbons (Fsp3) is 0.929. The van der Waals surface area contributed by atoms with Crippen molar-refractivity contribution in [2.75, 3.05) is 26.7 Å². The summed E-state index contributed by atoms with van der Waals surface area (Å²) in [4.78, 5) is 16.7. The van der Waals surface area contributed by atoms with Gasteiger partial charge in [0.15, 0.2) is 0 Å². The Balaban J connectivity index is 1.98. The molecule has 1 N–H and O–H groups in total. The molecule has 1 amide bonds. The van der Waals surface area contributed by atoms with Crippen LogP contribution < -0.4 is 5.32 Å². The molecule has 2 saturated heterocycles. The SMILES string of the molecule is CCC1NC(C)N(CC2(C)CCN(C)CC2)C1=O. The summed E-state index contributed by atoms with van der Waals surface area (Å²) in [5.74, 6) is 0.296. The van der Waals surface area contributed by atoms with Crippen molar-refractivity contribution < 1.29 is 4.79 Å². The molecule has 2 fully saturated rings. The van der Waals surface area contributed by atoms with Gasteiger partial charge in [-0.15, -0.1) is 0 Å². The number of hydrogen-bond donors (Lipinski definition) is 1. The summed E-state index contributed by atoms with van der Waals surface area (Å²) >= 11 is 0. The molecule has 0 saturated carbocycles. The molecule has 2 atom stereocenters. The summed E-state index contributed by atoms with van der Waals surface area (Å²) in [7, 11) is 2.18. The van der Waals surface area contributed by atoms with Gasteiger partial charge in [-0.05, 0) is 51.7 Å². The molecule has 0 aromatic carbocycles. The first-order valence-electron chi connectivity index (χ1n) is 7.20. The molecular formula is C14H27N3O. The highest BCUT2D eigenvalue weighted by molar-refractivity contribution is 5.84. The van der Waals surface area contributed by atoms with Crippen LogP contribution >= 0.6 is 0 Å². The number of rotatable bonds is 3. The lowest BCUT2D eigenvalue weighted by atomic mass is 9.80. The van der Waals surface area contributed by atoms with Crippen LogP contribution in [0.3, 0.4) is 0 Å². The standard InChI is InChI=1S/C14H27N3O/c1-5-12-13(18)17(11(2)15-12)10-14(3)6-8-16(4)9-7-14/h11-12,15H,5-10H2,1-4H3. The molecule has 0 aromatic heterocycles. The summed E-state index contributed by atoms with van der Waals surface area (Å²) in [5.41, 5.74) is 0.292. The first-order valence-corrected chi connectivity index (χ1v) is 7.20. The summed E-state index contributed by atoms with van der Waals surface area (Å²) in [5, 5.41) is 3.38. The molecule has 0 radical (unpaired) electrons. The highest BCUT2D eigenvalue weighted by atomic mass is 16.2. The summed E-state index contributed by atoms with van der Waals surface area (Å²) < 4.78 is 0. The highest BCUT2D eigenvalue weighted by Crippen LogP contribution is 2.32. The van der Waals surface area contributed by atoms with E-state index >= 15 is 0 Å². The lowest BCUT2D eigenvalue weighted by molar-refractivity contribution is -0.131. The monoisotopic (exact) mass is 253 g/mol. The molecule has 0 aliphatic carbocycles. The van der Waals surface area contributed by atoms with E-state index in [4.69, 9.17) is 0 Å². The maximum absolute atomic E-state index is 12.3. The average molecular weight is 253 g/mol. The predicted octanol–water partition coefficient (Wildman–Crippen LogP) is 1.27. The highest BCUT2D eigenvalue weighted by Gasteiger charge is 2.40. The molecule has 2 unspecified atom stereocenters. The van der Waals surface area contributed by atoms with E-state index < -0.39 is 0 Å². The maximum atomic E-state index is 12.3. The number of nitrogens with one attached hydrogen (secondary N) is 1. The third-order valence-corrected chi connectivity index (χ3v) is 4.65. The second-order valence-electron chi connectivity index (χ2n) is 6.38. The molecule has 104 valence electrons. The van der Waals surface area contributed by atoms with Gasteiger partial charge in [0, 0.05) is 6.54 Å². The number of hydrogen-bond acceptors (Lipinski definition) is 3. The minimum atomic E-state index is 0.0369. The fourth-order valence-corrected chi connectivity index (χ4v) is 3.08. The van der Waals surface area contributed by atoms with Crippen molar-refractivity contribution in [1.29, 1.82) is 0 Å². The van der Waals surface area contributed by atoms with Crippen LogP contribution in [-0.4, -0.2) is 54.6 Å². The molecule has 2 heterocycles. The zero-order chi connectivity index (χ0) is 13.3. The number of likely N-dealkylation sites (tertiary alicyclic amines) is 1. The Kier molecular flexibility index (Phi) is 3.97. The average Bonchev–Trinajstić information content (AvgIpc) is 2.61. The quantitative estimate of drug-likeness (QED) is 0.823. The van der Waals surface area contributed by atoms with Crippen molar-refractivity contribution in [2.45, 2.75) is 52.2 Å². The Morgan fingerprint density at radius 2 is 2.00 bits per heavy atom. The molecular weight excluding hydrogens is 226 g/mol. The Hall–Kier alpha value is -0.610. The van der Waals surface area contributed by atoms with E-state index in [1.807, 2.05) is 0 Å². The van der Waals surface area contributed by atoms with Crippen molar-refractivity contribution >= 4 is 5.91 Å². The molecule has 4 heteroatoms. The molecule has 2 aliphatic heterocycles. The minimum absolute atomic E-state index is 0.0369. The first-order chi connectivity index (χ1) is 8.45. The van der Waals surface area contributed by atoms with Gasteiger partial charge >= 0.3 is 0 Å². The number of piperidine rings is 1. The number of nitrogens with zero attached hydrogens (tertiary/aromatic N) is 2. The van der Waals surface area contributed by atoms with Gasteiger partial charge in [-0.25, -0.2) is 0 Å². The van der Waals surface area contributed by atoms with E-state index in [-0.39, 0.29) is 12.2 Å². The Morgan fingerprint density at radius 3 is 2.50 bits per heavy atom. The van der Waals surface area contributed by atoms with Crippen LogP contribution in [0.25, 0.3) is 0 Å². The van der Waals surface area contributed by atoms with Gasteiger partial charge in [-0.1, -0.05) is 13.8 Å². The third-order valence-electron chi connectivity index (χ3n) is 4.65. The smallest absolute Gasteiger partial charge is 0.241 e. The van der Waals surface area contributed by atoms with Gasteiger partial charge in [0.2, 0.25) is 5.91 Å². The van der Waals surface area contributed by atoms with E-state index in [1.165, 1.54) is 12.8 Å². The molecule has 2 rings (SSSR count). The van der Waals surface area contributed by atoms with E-state index in [0.717, 1.165) is 26.1 Å². The number of carbonyl (C=O) groups excluding carboxylic acids is 1. The van der Waals surface area contributed by atoms with Crippen molar-refractivity contribution in [3.63, 3.8) is 0 Å². The van der Waals surface area contributed by atoms with Crippen LogP contribution in [0, 0.1) is 5.41 Å². The van der Waals surface area contributed by atoms with Gasteiger partial charge in [0.05, 0.1) is 12.2 Å². The lowest BCUT2D eigenvalue weighted by Gasteiger charge is -2.41. The van der Waals surface area contributed by atoms with Crippen molar-refractivity contribution in [2.24, 2.45) is 5.41 Å². The van der Waals surface area contributed by atoms with E-state index in [2.05, 4.69) is 42.9 Å². The van der Waals surface area contributed by atoms with Gasteiger partial charge in [-0.3, -0.25) is 10.1 Å². The second-order valence-corrected chi connectivity index (χ2v) is 6.38. The molecule has 18 heavy (non-hydrogen) atoms. The van der Waals surface area contributed by atoms with Gasteiger partial charge in [0.1, 0.15) is 0 Å². The zero-order valence-electron chi connectivity index (χ0n) is 12.2. The Labute approximate surface area is 111 Å². The summed E-state index contributed by atoms with van der Waals surface area (Å²) in [6, 6.07) is 0.0369. The van der Waals surface area contributed by atoms with Gasteiger partial charge in [0.25, 0.3) is 0 Å². The minimum Gasteiger partial charge on any atom is -0.326 e. The van der Waals surface area contributed by atoms with Gasteiger partial charge < -0.3 is 9.80 Å². The second kappa shape index (κ2) is 5.17. The van der Waals surface area contributed by atoms with E-state index in [0.29, 0.717) is 11.3 Å². The predicted molar refractivity (Wildman–Crippen MR) is 73.2 cm³/mol.